The van der Waals surface area contributed by atoms with Gasteiger partial charge in [-0.05, 0) is 17.7 Å². The smallest absolute Gasteiger partial charge is 0.321 e. The molecule has 0 bridgehead atoms. The summed E-state index contributed by atoms with van der Waals surface area (Å²) >= 11 is 0. The number of rotatable bonds is 3. The molecule has 0 fully saturated rings. The zero-order valence-corrected chi connectivity index (χ0v) is 7.77. The lowest BCUT2D eigenvalue weighted by atomic mass is 9.94. The third kappa shape index (κ3) is 2.29. The molecule has 2 atom stereocenters. The average Bonchev–Trinajstić information content (AvgIpc) is 2.15. The Morgan fingerprint density at radius 1 is 1.57 bits per heavy atom. The molecule has 0 saturated carbocycles. The lowest BCUT2D eigenvalue weighted by molar-refractivity contribution is -0.139. The minimum Gasteiger partial charge on any atom is -0.480 e. The molecule has 1 rings (SSSR count). The lowest BCUT2D eigenvalue weighted by Gasteiger charge is -2.15. The van der Waals surface area contributed by atoms with Gasteiger partial charge in [0.2, 0.25) is 0 Å². The predicted octanol–water partition coefficient (Wildman–Crippen LogP) is 1.34. The molecule has 76 valence electrons. The van der Waals surface area contributed by atoms with E-state index in [4.69, 9.17) is 10.8 Å². The fourth-order valence-corrected chi connectivity index (χ4v) is 1.21. The van der Waals surface area contributed by atoms with Crippen LogP contribution in [0.1, 0.15) is 18.4 Å². The fraction of sp³-hybridized carbons (Fsp3) is 0.300. The number of benzene rings is 1. The van der Waals surface area contributed by atoms with Gasteiger partial charge in [0.25, 0.3) is 0 Å². The monoisotopic (exact) mass is 197 g/mol. The van der Waals surface area contributed by atoms with Crippen LogP contribution in [0.3, 0.4) is 0 Å². The topological polar surface area (TPSA) is 63.3 Å². The summed E-state index contributed by atoms with van der Waals surface area (Å²) in [4.78, 5) is 10.6. The molecule has 0 aliphatic rings. The highest BCUT2D eigenvalue weighted by Gasteiger charge is 2.21. The Morgan fingerprint density at radius 3 is 2.71 bits per heavy atom. The van der Waals surface area contributed by atoms with E-state index in [1.54, 1.807) is 13.0 Å². The van der Waals surface area contributed by atoms with Crippen LogP contribution in [0.15, 0.2) is 24.3 Å². The van der Waals surface area contributed by atoms with Crippen molar-refractivity contribution in [2.45, 2.75) is 18.9 Å². The van der Waals surface area contributed by atoms with E-state index in [2.05, 4.69) is 0 Å². The maximum Gasteiger partial charge on any atom is 0.321 e. The van der Waals surface area contributed by atoms with Crippen LogP contribution in [0, 0.1) is 5.82 Å². The molecule has 2 unspecified atom stereocenters. The van der Waals surface area contributed by atoms with Gasteiger partial charge in [0.05, 0.1) is 0 Å². The van der Waals surface area contributed by atoms with E-state index in [1.165, 1.54) is 18.2 Å². The lowest BCUT2D eigenvalue weighted by Crippen LogP contribution is -2.35. The van der Waals surface area contributed by atoms with Gasteiger partial charge < -0.3 is 10.8 Å². The van der Waals surface area contributed by atoms with E-state index in [0.29, 0.717) is 5.56 Å². The minimum atomic E-state index is -1.08. The first kappa shape index (κ1) is 10.7. The third-order valence-electron chi connectivity index (χ3n) is 2.20. The van der Waals surface area contributed by atoms with E-state index in [1.807, 2.05) is 0 Å². The molecule has 0 radical (unpaired) electrons. The summed E-state index contributed by atoms with van der Waals surface area (Å²) in [7, 11) is 0. The number of carboxylic acid groups (broad SMARTS) is 1. The molecule has 0 spiro atoms. The van der Waals surface area contributed by atoms with Crippen LogP contribution in [0.4, 0.5) is 4.39 Å². The Morgan fingerprint density at radius 2 is 2.21 bits per heavy atom. The van der Waals surface area contributed by atoms with Crippen LogP contribution < -0.4 is 5.73 Å². The molecule has 14 heavy (non-hydrogen) atoms. The summed E-state index contributed by atoms with van der Waals surface area (Å²) in [6, 6.07) is 4.80. The first-order valence-corrected chi connectivity index (χ1v) is 4.26. The molecule has 1 aromatic rings. The molecule has 0 aromatic heterocycles. The highest BCUT2D eigenvalue weighted by Crippen LogP contribution is 2.18. The van der Waals surface area contributed by atoms with Crippen molar-refractivity contribution in [1.29, 1.82) is 0 Å². The van der Waals surface area contributed by atoms with Crippen LogP contribution in [0.2, 0.25) is 0 Å². The average molecular weight is 197 g/mol. The number of carbonyl (C=O) groups is 1. The van der Waals surface area contributed by atoms with Crippen LogP contribution in [-0.2, 0) is 4.79 Å². The third-order valence-corrected chi connectivity index (χ3v) is 2.20. The highest BCUT2D eigenvalue weighted by molar-refractivity contribution is 5.74. The van der Waals surface area contributed by atoms with Crippen LogP contribution in [0.25, 0.3) is 0 Å². The molecule has 3 N–H and O–H groups in total. The Bertz CT molecular complexity index is 341. The zero-order chi connectivity index (χ0) is 10.7. The Balaban J connectivity index is 2.89. The quantitative estimate of drug-likeness (QED) is 0.768. The van der Waals surface area contributed by atoms with Gasteiger partial charge in [-0.25, -0.2) is 4.39 Å². The van der Waals surface area contributed by atoms with Crippen molar-refractivity contribution < 1.29 is 14.3 Å². The summed E-state index contributed by atoms with van der Waals surface area (Å²) in [6.07, 6.45) is 0. The summed E-state index contributed by atoms with van der Waals surface area (Å²) < 4.78 is 12.8. The summed E-state index contributed by atoms with van der Waals surface area (Å²) in [5.74, 6) is -1.86. The molecule has 0 heterocycles. The molecule has 0 saturated heterocycles. The second-order valence-electron chi connectivity index (χ2n) is 3.21. The van der Waals surface area contributed by atoms with E-state index in [9.17, 15) is 9.18 Å². The van der Waals surface area contributed by atoms with Crippen LogP contribution in [0.5, 0.6) is 0 Å². The van der Waals surface area contributed by atoms with Gasteiger partial charge in [0, 0.05) is 5.92 Å². The van der Waals surface area contributed by atoms with Gasteiger partial charge in [-0.15, -0.1) is 0 Å². The van der Waals surface area contributed by atoms with Crippen molar-refractivity contribution >= 4 is 5.97 Å². The number of nitrogens with two attached hydrogens (primary N) is 1. The molecule has 3 nitrogen and oxygen atoms in total. The summed E-state index contributed by atoms with van der Waals surface area (Å²) in [5, 5.41) is 8.66. The number of carboxylic acids is 1. The molecule has 0 aliphatic heterocycles. The molecule has 1 aromatic carbocycles. The van der Waals surface area contributed by atoms with Crippen molar-refractivity contribution in [3.63, 3.8) is 0 Å². The number of hydrogen-bond acceptors (Lipinski definition) is 2. The fourth-order valence-electron chi connectivity index (χ4n) is 1.21. The number of hydrogen-bond donors (Lipinski definition) is 2. The summed E-state index contributed by atoms with van der Waals surface area (Å²) in [5.41, 5.74) is 6.02. The van der Waals surface area contributed by atoms with Gasteiger partial charge >= 0.3 is 5.97 Å². The summed E-state index contributed by atoms with van der Waals surface area (Å²) in [6.45, 7) is 1.66. The van der Waals surface area contributed by atoms with E-state index in [0.717, 1.165) is 0 Å². The molecule has 0 aliphatic carbocycles. The predicted molar refractivity (Wildman–Crippen MR) is 50.4 cm³/mol. The van der Waals surface area contributed by atoms with Gasteiger partial charge in [-0.3, -0.25) is 4.79 Å². The number of halogens is 1. The maximum atomic E-state index is 12.8. The first-order chi connectivity index (χ1) is 6.52. The standard InChI is InChI=1S/C10H12FNO2/c1-6(9(12)10(13)14)7-3-2-4-8(11)5-7/h2-6,9H,12H2,1H3,(H,13,14). The van der Waals surface area contributed by atoms with Gasteiger partial charge in [0.1, 0.15) is 11.9 Å². The van der Waals surface area contributed by atoms with Gasteiger partial charge in [0.15, 0.2) is 0 Å². The molecule has 4 heteroatoms. The number of aliphatic carboxylic acids is 1. The minimum absolute atomic E-state index is 0.382. The van der Waals surface area contributed by atoms with Crippen molar-refractivity contribution in [1.82, 2.24) is 0 Å². The zero-order valence-electron chi connectivity index (χ0n) is 7.77. The van der Waals surface area contributed by atoms with Crippen LogP contribution in [-0.4, -0.2) is 17.1 Å². The van der Waals surface area contributed by atoms with Gasteiger partial charge in [-0.1, -0.05) is 19.1 Å². The Kier molecular flexibility index (Phi) is 3.19. The van der Waals surface area contributed by atoms with E-state index < -0.39 is 17.9 Å². The SMILES string of the molecule is CC(c1cccc(F)c1)C(N)C(=O)O. The van der Waals surface area contributed by atoms with E-state index >= 15 is 0 Å². The Hall–Kier alpha value is -1.42. The molecular weight excluding hydrogens is 185 g/mol. The van der Waals surface area contributed by atoms with Crippen molar-refractivity contribution in [2.24, 2.45) is 5.73 Å². The second-order valence-corrected chi connectivity index (χ2v) is 3.21. The first-order valence-electron chi connectivity index (χ1n) is 4.26. The molecule has 0 amide bonds. The van der Waals surface area contributed by atoms with E-state index in [-0.39, 0.29) is 5.82 Å². The largest absolute Gasteiger partial charge is 0.480 e. The normalized spacial score (nSPS) is 14.8. The van der Waals surface area contributed by atoms with Crippen molar-refractivity contribution in [3.8, 4) is 0 Å². The maximum absolute atomic E-state index is 12.8. The van der Waals surface area contributed by atoms with Crippen molar-refractivity contribution in [2.75, 3.05) is 0 Å². The molecular formula is C10H12FNO2. The van der Waals surface area contributed by atoms with Crippen molar-refractivity contribution in [3.05, 3.63) is 35.6 Å². The van der Waals surface area contributed by atoms with Crippen LogP contribution >= 0.6 is 0 Å². The van der Waals surface area contributed by atoms with Gasteiger partial charge in [-0.2, -0.15) is 0 Å². The second kappa shape index (κ2) is 4.19. The Labute approximate surface area is 81.4 Å². The highest BCUT2D eigenvalue weighted by atomic mass is 19.1.